The van der Waals surface area contributed by atoms with E-state index in [0.717, 1.165) is 24.2 Å². The van der Waals surface area contributed by atoms with Crippen molar-refractivity contribution < 1.29 is 23.9 Å². The molecule has 3 aromatic rings. The molecule has 3 amide bonds. The molecule has 1 atom stereocenters. The second-order valence-electron chi connectivity index (χ2n) is 9.66. The zero-order chi connectivity index (χ0) is 26.9. The summed E-state index contributed by atoms with van der Waals surface area (Å²) >= 11 is 0. The van der Waals surface area contributed by atoms with Gasteiger partial charge in [-0.1, -0.05) is 24.3 Å². The molecule has 0 saturated heterocycles. The number of amides is 3. The minimum atomic E-state index is -1.13. The molecule has 10 heteroatoms. The van der Waals surface area contributed by atoms with Gasteiger partial charge in [-0.05, 0) is 56.5 Å². The lowest BCUT2D eigenvalue weighted by atomic mass is 9.93. The number of imidazole rings is 1. The van der Waals surface area contributed by atoms with Crippen LogP contribution in [0.3, 0.4) is 0 Å². The van der Waals surface area contributed by atoms with Crippen molar-refractivity contribution in [3.05, 3.63) is 71.8 Å². The van der Waals surface area contributed by atoms with Crippen LogP contribution in [0, 0.1) is 0 Å². The van der Waals surface area contributed by atoms with Crippen LogP contribution >= 0.6 is 0 Å². The van der Waals surface area contributed by atoms with Gasteiger partial charge in [0, 0.05) is 12.6 Å². The molecule has 1 fully saturated rings. The first kappa shape index (κ1) is 25.3. The molecule has 1 aromatic heterocycles. The Morgan fingerprint density at radius 1 is 1.13 bits per heavy atom. The fourth-order valence-electron chi connectivity index (χ4n) is 4.87. The number of fused-ring (bicyclic) bond motifs is 1. The number of rotatable bonds is 9. The lowest BCUT2D eigenvalue weighted by Gasteiger charge is -2.44. The van der Waals surface area contributed by atoms with E-state index in [0.29, 0.717) is 24.6 Å². The van der Waals surface area contributed by atoms with Crippen molar-refractivity contribution >= 4 is 23.4 Å². The quantitative estimate of drug-likeness (QED) is 0.450. The number of ether oxygens (including phenoxy) is 2. The molecular formula is C28H31N5O5. The van der Waals surface area contributed by atoms with Crippen LogP contribution in [0.1, 0.15) is 53.2 Å². The molecule has 5 rings (SSSR count). The van der Waals surface area contributed by atoms with E-state index in [-0.39, 0.29) is 35.8 Å². The van der Waals surface area contributed by atoms with Gasteiger partial charge in [0.25, 0.3) is 11.8 Å². The van der Waals surface area contributed by atoms with Gasteiger partial charge in [-0.25, -0.2) is 4.98 Å². The van der Waals surface area contributed by atoms with Crippen molar-refractivity contribution in [1.29, 1.82) is 0 Å². The standard InChI is InChI=1S/C28H31N5O5/c1-4-38-22-8-6-5-7-21(22)31-25(34)23-24-26(35)33(19-11-12-19)28(2,16-32(24)17-30-23)27(36)29-15-18-9-13-20(37-3)14-10-18/h5-10,13-14,17,19H,4,11-12,15-16H2,1-3H3,(H,29,36)(H,31,34)/t28-/m0/s1. The van der Waals surface area contributed by atoms with Gasteiger partial charge in [0.2, 0.25) is 5.91 Å². The number of methoxy groups -OCH3 is 1. The Morgan fingerprint density at radius 2 is 1.87 bits per heavy atom. The molecule has 0 bridgehead atoms. The summed E-state index contributed by atoms with van der Waals surface area (Å²) < 4.78 is 12.4. The van der Waals surface area contributed by atoms with Gasteiger partial charge in [0.1, 0.15) is 22.7 Å². The molecule has 2 N–H and O–H groups in total. The van der Waals surface area contributed by atoms with Crippen molar-refractivity contribution in [2.45, 2.75) is 51.4 Å². The topological polar surface area (TPSA) is 115 Å². The third-order valence-corrected chi connectivity index (χ3v) is 6.93. The molecule has 0 unspecified atom stereocenters. The molecule has 38 heavy (non-hydrogen) atoms. The zero-order valence-electron chi connectivity index (χ0n) is 21.7. The van der Waals surface area contributed by atoms with E-state index in [9.17, 15) is 14.4 Å². The number of carbonyl (C=O) groups excluding carboxylic acids is 3. The molecule has 2 aromatic carbocycles. The lowest BCUT2D eigenvalue weighted by Crippen LogP contribution is -2.64. The van der Waals surface area contributed by atoms with Gasteiger partial charge in [-0.2, -0.15) is 0 Å². The first-order valence-corrected chi connectivity index (χ1v) is 12.7. The van der Waals surface area contributed by atoms with E-state index in [1.807, 2.05) is 37.3 Å². The fraction of sp³-hybridized carbons (Fsp3) is 0.357. The first-order chi connectivity index (χ1) is 18.4. The van der Waals surface area contributed by atoms with Crippen LogP contribution < -0.4 is 20.1 Å². The Morgan fingerprint density at radius 3 is 2.55 bits per heavy atom. The minimum Gasteiger partial charge on any atom is -0.497 e. The predicted molar refractivity (Wildman–Crippen MR) is 140 cm³/mol. The predicted octanol–water partition coefficient (Wildman–Crippen LogP) is 3.24. The molecule has 0 radical (unpaired) electrons. The van der Waals surface area contributed by atoms with Crippen molar-refractivity contribution in [3.8, 4) is 11.5 Å². The summed E-state index contributed by atoms with van der Waals surface area (Å²) in [6.45, 7) is 4.58. The highest BCUT2D eigenvalue weighted by Gasteiger charge is 2.53. The van der Waals surface area contributed by atoms with Gasteiger partial charge < -0.3 is 29.6 Å². The maximum Gasteiger partial charge on any atom is 0.276 e. The number of hydrogen-bond donors (Lipinski definition) is 2. The molecule has 1 aliphatic heterocycles. The van der Waals surface area contributed by atoms with Gasteiger partial charge in [-0.15, -0.1) is 0 Å². The van der Waals surface area contributed by atoms with E-state index in [1.165, 1.54) is 6.33 Å². The summed E-state index contributed by atoms with van der Waals surface area (Å²) in [5.41, 5.74) is 0.480. The highest BCUT2D eigenvalue weighted by atomic mass is 16.5. The molecule has 2 heterocycles. The van der Waals surface area contributed by atoms with E-state index in [2.05, 4.69) is 15.6 Å². The summed E-state index contributed by atoms with van der Waals surface area (Å²) in [5, 5.41) is 5.81. The monoisotopic (exact) mass is 517 g/mol. The molecule has 1 aliphatic carbocycles. The number of anilines is 1. The van der Waals surface area contributed by atoms with Crippen LogP contribution in [-0.4, -0.2) is 57.5 Å². The zero-order valence-corrected chi connectivity index (χ0v) is 21.7. The van der Waals surface area contributed by atoms with Crippen molar-refractivity contribution in [2.75, 3.05) is 19.0 Å². The van der Waals surface area contributed by atoms with Crippen molar-refractivity contribution in [2.24, 2.45) is 0 Å². The molecule has 1 saturated carbocycles. The van der Waals surface area contributed by atoms with E-state index in [4.69, 9.17) is 9.47 Å². The van der Waals surface area contributed by atoms with Gasteiger partial charge >= 0.3 is 0 Å². The molecule has 198 valence electrons. The van der Waals surface area contributed by atoms with Gasteiger partial charge in [-0.3, -0.25) is 14.4 Å². The van der Waals surface area contributed by atoms with E-state index < -0.39 is 11.4 Å². The van der Waals surface area contributed by atoms with Gasteiger partial charge in [0.15, 0.2) is 5.69 Å². The number of aromatic nitrogens is 2. The Kier molecular flexibility index (Phi) is 6.79. The number of nitrogens with one attached hydrogen (secondary N) is 2. The Balaban J connectivity index is 1.38. The number of carbonyl (C=O) groups is 3. The average molecular weight is 518 g/mol. The normalized spacial score (nSPS) is 18.5. The Bertz CT molecular complexity index is 1360. The SMILES string of the molecule is CCOc1ccccc1NC(=O)c1ncn2c1C(=O)N(C1CC1)[C@](C)(C(=O)NCc1ccc(OC)cc1)C2. The second-order valence-corrected chi connectivity index (χ2v) is 9.66. The van der Waals surface area contributed by atoms with E-state index >= 15 is 0 Å². The van der Waals surface area contributed by atoms with Crippen LogP contribution in [0.15, 0.2) is 54.9 Å². The molecule has 10 nitrogen and oxygen atoms in total. The second kappa shape index (κ2) is 10.2. The molecule has 2 aliphatic rings. The van der Waals surface area contributed by atoms with Crippen LogP contribution in [0.4, 0.5) is 5.69 Å². The summed E-state index contributed by atoms with van der Waals surface area (Å²) in [6, 6.07) is 14.5. The third kappa shape index (κ3) is 4.69. The van der Waals surface area contributed by atoms with Crippen LogP contribution in [0.2, 0.25) is 0 Å². The van der Waals surface area contributed by atoms with Crippen molar-refractivity contribution in [3.63, 3.8) is 0 Å². The van der Waals surface area contributed by atoms with E-state index in [1.54, 1.807) is 41.7 Å². The summed E-state index contributed by atoms with van der Waals surface area (Å²) in [4.78, 5) is 46.5. The molecule has 0 spiro atoms. The van der Waals surface area contributed by atoms with Crippen LogP contribution in [0.5, 0.6) is 11.5 Å². The first-order valence-electron chi connectivity index (χ1n) is 12.7. The van der Waals surface area contributed by atoms with Gasteiger partial charge in [0.05, 0.1) is 32.3 Å². The maximum atomic E-state index is 13.8. The Labute approximate surface area is 220 Å². The maximum absolute atomic E-state index is 13.8. The van der Waals surface area contributed by atoms with Crippen LogP contribution in [-0.2, 0) is 17.9 Å². The highest BCUT2D eigenvalue weighted by molar-refractivity contribution is 6.12. The lowest BCUT2D eigenvalue weighted by molar-refractivity contribution is -0.133. The summed E-state index contributed by atoms with van der Waals surface area (Å²) in [5.74, 6) is 0.121. The molecular weight excluding hydrogens is 486 g/mol. The highest BCUT2D eigenvalue weighted by Crippen LogP contribution is 2.39. The Hall–Kier alpha value is -4.34. The number of benzene rings is 2. The van der Waals surface area contributed by atoms with Crippen molar-refractivity contribution in [1.82, 2.24) is 19.8 Å². The summed E-state index contributed by atoms with van der Waals surface area (Å²) in [6.07, 6.45) is 3.07. The smallest absolute Gasteiger partial charge is 0.276 e. The van der Waals surface area contributed by atoms with Crippen LogP contribution in [0.25, 0.3) is 0 Å². The largest absolute Gasteiger partial charge is 0.497 e. The average Bonchev–Trinajstić information content (AvgIpc) is 3.66. The third-order valence-electron chi connectivity index (χ3n) is 6.93. The number of nitrogens with zero attached hydrogens (tertiary/aromatic N) is 3. The summed E-state index contributed by atoms with van der Waals surface area (Å²) in [7, 11) is 1.60. The minimum absolute atomic E-state index is 0.0210. The number of para-hydroxylation sites is 2. The fourth-order valence-corrected chi connectivity index (χ4v) is 4.87. The number of hydrogen-bond acceptors (Lipinski definition) is 6.